The molecule has 0 aromatic heterocycles. The number of methoxy groups -OCH3 is 2. The fourth-order valence-corrected chi connectivity index (χ4v) is 1.85. The lowest BCUT2D eigenvalue weighted by Gasteiger charge is -1.98. The van der Waals surface area contributed by atoms with Crippen molar-refractivity contribution in [3.05, 3.63) is 70.8 Å². The molecule has 0 aliphatic heterocycles. The van der Waals surface area contributed by atoms with E-state index in [4.69, 9.17) is 16.7 Å². The van der Waals surface area contributed by atoms with Crippen LogP contribution in [0.25, 0.3) is 0 Å². The lowest BCUT2D eigenvalue weighted by Crippen LogP contribution is -2.02. The van der Waals surface area contributed by atoms with Crippen molar-refractivity contribution in [3.63, 3.8) is 0 Å². The average molecular weight is 379 g/mol. The van der Waals surface area contributed by atoms with Crippen molar-refractivity contribution in [2.75, 3.05) is 14.2 Å². The van der Waals surface area contributed by atoms with Crippen molar-refractivity contribution in [2.24, 2.45) is 0 Å². The number of carbonyl (C=O) groups is 4. The molecule has 0 unspecified atom stereocenters. The summed E-state index contributed by atoms with van der Waals surface area (Å²) in [6.45, 7) is 0. The highest BCUT2D eigenvalue weighted by atomic mass is 35.5. The Balaban J connectivity index is 0.000000260. The van der Waals surface area contributed by atoms with Gasteiger partial charge in [-0.2, -0.15) is 0 Å². The summed E-state index contributed by atoms with van der Waals surface area (Å²) in [7, 11) is 2.57. The zero-order valence-corrected chi connectivity index (χ0v) is 14.6. The van der Waals surface area contributed by atoms with Gasteiger partial charge in [0, 0.05) is 5.56 Å². The molecule has 7 nitrogen and oxygen atoms in total. The van der Waals surface area contributed by atoms with E-state index in [2.05, 4.69) is 9.47 Å². The molecule has 0 saturated carbocycles. The molecule has 0 amide bonds. The van der Waals surface area contributed by atoms with Crippen LogP contribution >= 0.6 is 11.6 Å². The minimum Gasteiger partial charge on any atom is -0.478 e. The zero-order chi connectivity index (χ0) is 19.7. The Kier molecular flexibility index (Phi) is 7.98. The molecule has 2 aromatic carbocycles. The minimum absolute atomic E-state index is 0.146. The predicted molar refractivity (Wildman–Crippen MR) is 92.7 cm³/mol. The van der Waals surface area contributed by atoms with E-state index in [9.17, 15) is 19.2 Å². The highest BCUT2D eigenvalue weighted by molar-refractivity contribution is 6.67. The summed E-state index contributed by atoms with van der Waals surface area (Å²) in [5.41, 5.74) is 1.23. The summed E-state index contributed by atoms with van der Waals surface area (Å²) < 4.78 is 8.93. The number of aromatic carboxylic acids is 1. The van der Waals surface area contributed by atoms with Gasteiger partial charge in [0.05, 0.1) is 30.9 Å². The van der Waals surface area contributed by atoms with Crippen LogP contribution in [0.3, 0.4) is 0 Å². The second kappa shape index (κ2) is 9.95. The van der Waals surface area contributed by atoms with Gasteiger partial charge in [-0.3, -0.25) is 4.79 Å². The number of benzene rings is 2. The first-order valence-electron chi connectivity index (χ1n) is 7.10. The van der Waals surface area contributed by atoms with Crippen molar-refractivity contribution in [1.82, 2.24) is 0 Å². The average Bonchev–Trinajstić information content (AvgIpc) is 2.67. The zero-order valence-electron chi connectivity index (χ0n) is 13.9. The molecule has 0 radical (unpaired) electrons. The summed E-state index contributed by atoms with van der Waals surface area (Å²) in [4.78, 5) is 43.0. The summed E-state index contributed by atoms with van der Waals surface area (Å²) >= 11 is 5.21. The van der Waals surface area contributed by atoms with Gasteiger partial charge in [0.15, 0.2) is 0 Å². The molecular formula is C18H15ClO7. The van der Waals surface area contributed by atoms with Crippen molar-refractivity contribution < 1.29 is 33.8 Å². The monoisotopic (exact) mass is 378 g/mol. The van der Waals surface area contributed by atoms with E-state index in [0.717, 1.165) is 0 Å². The molecule has 0 heterocycles. The lowest BCUT2D eigenvalue weighted by molar-refractivity contribution is 0.0591. The van der Waals surface area contributed by atoms with E-state index < -0.39 is 23.2 Å². The van der Waals surface area contributed by atoms with Gasteiger partial charge < -0.3 is 14.6 Å². The third-order valence-corrected chi connectivity index (χ3v) is 3.30. The van der Waals surface area contributed by atoms with E-state index in [1.807, 2.05) is 0 Å². The number of rotatable bonds is 4. The third kappa shape index (κ3) is 6.03. The van der Waals surface area contributed by atoms with Gasteiger partial charge in [-0.05, 0) is 60.1 Å². The highest BCUT2D eigenvalue weighted by Crippen LogP contribution is 2.08. The Bertz CT molecular complexity index is 726. The Labute approximate surface area is 154 Å². The smallest absolute Gasteiger partial charge is 0.337 e. The molecule has 136 valence electrons. The minimum atomic E-state index is -1.02. The van der Waals surface area contributed by atoms with Crippen LogP contribution in [0.4, 0.5) is 0 Å². The first-order chi connectivity index (χ1) is 12.3. The van der Waals surface area contributed by atoms with E-state index >= 15 is 0 Å². The number of carboxylic acids is 1. The molecule has 0 aliphatic rings. The second-order valence-electron chi connectivity index (χ2n) is 4.72. The molecule has 2 aromatic rings. The van der Waals surface area contributed by atoms with Gasteiger partial charge in [-0.1, -0.05) is 0 Å². The van der Waals surface area contributed by atoms with Gasteiger partial charge in [0.2, 0.25) is 0 Å². The van der Waals surface area contributed by atoms with Gasteiger partial charge in [-0.15, -0.1) is 0 Å². The molecule has 0 spiro atoms. The Morgan fingerprint density at radius 2 is 1.00 bits per heavy atom. The van der Waals surface area contributed by atoms with Crippen LogP contribution in [-0.2, 0) is 9.47 Å². The number of ether oxygens (including phenoxy) is 2. The number of hydrogen-bond donors (Lipinski definition) is 1. The molecule has 0 bridgehead atoms. The maximum Gasteiger partial charge on any atom is 0.337 e. The topological polar surface area (TPSA) is 107 Å². The molecule has 0 aliphatic carbocycles. The van der Waals surface area contributed by atoms with Crippen molar-refractivity contribution in [1.29, 1.82) is 0 Å². The lowest BCUT2D eigenvalue weighted by atomic mass is 10.1. The quantitative estimate of drug-likeness (QED) is 0.643. The number of halogens is 1. The van der Waals surface area contributed by atoms with Gasteiger partial charge in [0.25, 0.3) is 5.24 Å². The van der Waals surface area contributed by atoms with Gasteiger partial charge in [-0.25, -0.2) is 14.4 Å². The van der Waals surface area contributed by atoms with Crippen molar-refractivity contribution in [2.45, 2.75) is 0 Å². The van der Waals surface area contributed by atoms with Crippen molar-refractivity contribution >= 4 is 34.8 Å². The fourth-order valence-electron chi connectivity index (χ4n) is 1.72. The van der Waals surface area contributed by atoms with Crippen LogP contribution in [0.2, 0.25) is 0 Å². The SMILES string of the molecule is COC(=O)c1ccc(C(=O)Cl)cc1.COC(=O)c1ccc(C(=O)O)cc1. The Morgan fingerprint density at radius 1 is 0.692 bits per heavy atom. The molecule has 0 atom stereocenters. The number of hydrogen-bond acceptors (Lipinski definition) is 6. The number of esters is 2. The Morgan fingerprint density at radius 3 is 1.27 bits per heavy atom. The number of carboxylic acid groups (broad SMARTS) is 1. The molecule has 26 heavy (non-hydrogen) atoms. The number of carbonyl (C=O) groups excluding carboxylic acids is 3. The summed E-state index contributed by atoms with van der Waals surface area (Å²) in [6, 6.07) is 11.5. The summed E-state index contributed by atoms with van der Waals surface area (Å²) in [5.74, 6) is -1.93. The fraction of sp³-hybridized carbons (Fsp3) is 0.111. The van der Waals surface area contributed by atoms with Crippen LogP contribution in [-0.4, -0.2) is 42.5 Å². The van der Waals surface area contributed by atoms with E-state index in [0.29, 0.717) is 16.7 Å². The molecule has 1 N–H and O–H groups in total. The first kappa shape index (κ1) is 20.9. The second-order valence-corrected chi connectivity index (χ2v) is 5.06. The van der Waals surface area contributed by atoms with Crippen LogP contribution in [0.1, 0.15) is 41.4 Å². The normalized spacial score (nSPS) is 9.35. The molecule has 0 fully saturated rings. The van der Waals surface area contributed by atoms with Crippen LogP contribution < -0.4 is 0 Å². The highest BCUT2D eigenvalue weighted by Gasteiger charge is 2.07. The maximum absolute atomic E-state index is 11.0. The molecule has 8 heteroatoms. The van der Waals surface area contributed by atoms with E-state index in [-0.39, 0.29) is 5.56 Å². The maximum atomic E-state index is 11.0. The first-order valence-corrected chi connectivity index (χ1v) is 7.47. The summed E-state index contributed by atoms with van der Waals surface area (Å²) in [6.07, 6.45) is 0. The molecular weight excluding hydrogens is 364 g/mol. The summed E-state index contributed by atoms with van der Waals surface area (Å²) in [5, 5.41) is 8.01. The van der Waals surface area contributed by atoms with Crippen LogP contribution in [0.15, 0.2) is 48.5 Å². The largest absolute Gasteiger partial charge is 0.478 e. The Hall–Kier alpha value is -3.19. The standard InChI is InChI=1S/C9H7ClO3.C9H8O4/c2*1-13-9(12)7-4-2-6(3-5-7)8(10)11/h2-5H,1H3;2-5H,1H3,(H,10,11). The van der Waals surface area contributed by atoms with Crippen molar-refractivity contribution in [3.8, 4) is 0 Å². The molecule has 2 rings (SSSR count). The van der Waals surface area contributed by atoms with Crippen LogP contribution in [0.5, 0.6) is 0 Å². The van der Waals surface area contributed by atoms with E-state index in [1.54, 1.807) is 0 Å². The van der Waals surface area contributed by atoms with Crippen LogP contribution in [0, 0.1) is 0 Å². The third-order valence-electron chi connectivity index (χ3n) is 3.09. The molecule has 0 saturated heterocycles. The van der Waals surface area contributed by atoms with Gasteiger partial charge >= 0.3 is 17.9 Å². The van der Waals surface area contributed by atoms with E-state index in [1.165, 1.54) is 62.8 Å². The predicted octanol–water partition coefficient (Wildman–Crippen LogP) is 3.02. The van der Waals surface area contributed by atoms with Gasteiger partial charge in [0.1, 0.15) is 0 Å².